The molecule has 2 atom stereocenters. The highest BCUT2D eigenvalue weighted by Gasteiger charge is 2.60. The van der Waals surface area contributed by atoms with Gasteiger partial charge in [0.15, 0.2) is 6.10 Å². The number of hydrogen-bond donors (Lipinski definition) is 0. The molecule has 3 aliphatic heterocycles. The Morgan fingerprint density at radius 2 is 1.94 bits per heavy atom. The van der Waals surface area contributed by atoms with Crippen LogP contribution in [0.4, 0.5) is 5.69 Å². The zero-order chi connectivity index (χ0) is 12.3. The van der Waals surface area contributed by atoms with Crippen LogP contribution in [0.25, 0.3) is 0 Å². The number of hydrogen-bond acceptors (Lipinski definition) is 3. The summed E-state index contributed by atoms with van der Waals surface area (Å²) in [6.07, 6.45) is 2.22. The third-order valence-electron chi connectivity index (χ3n) is 4.43. The van der Waals surface area contributed by atoms with E-state index in [1.165, 1.54) is 0 Å². The van der Waals surface area contributed by atoms with E-state index in [1.54, 1.807) is 0 Å². The Morgan fingerprint density at radius 1 is 1.17 bits per heavy atom. The minimum Gasteiger partial charge on any atom is -0.455 e. The molecule has 0 bridgehead atoms. The summed E-state index contributed by atoms with van der Waals surface area (Å²) in [5.74, 6) is 0.00419. The molecule has 2 fully saturated rings. The van der Waals surface area contributed by atoms with Crippen LogP contribution in [0.15, 0.2) is 24.3 Å². The van der Waals surface area contributed by atoms with Gasteiger partial charge in [-0.25, -0.2) is 0 Å². The number of rotatable bonds is 0. The molecule has 3 aliphatic rings. The minimum absolute atomic E-state index is 0.151. The molecule has 0 saturated carbocycles. The molecule has 92 valence electrons. The summed E-state index contributed by atoms with van der Waals surface area (Å²) < 4.78 is 5.56. The van der Waals surface area contributed by atoms with Gasteiger partial charge in [0.2, 0.25) is 5.91 Å². The first-order valence-electron chi connectivity index (χ1n) is 6.34. The summed E-state index contributed by atoms with van der Waals surface area (Å²) in [6, 6.07) is 7.78. The summed E-state index contributed by atoms with van der Waals surface area (Å²) in [5, 5.41) is 0. The van der Waals surface area contributed by atoms with Crippen molar-refractivity contribution in [2.75, 3.05) is 4.90 Å². The van der Waals surface area contributed by atoms with Crippen LogP contribution in [-0.4, -0.2) is 17.4 Å². The Morgan fingerprint density at radius 3 is 2.83 bits per heavy atom. The number of nitrogens with zero attached hydrogens (tertiary/aromatic N) is 1. The van der Waals surface area contributed by atoms with E-state index in [2.05, 4.69) is 0 Å². The predicted octanol–water partition coefficient (Wildman–Crippen LogP) is 1.94. The molecule has 3 heterocycles. The van der Waals surface area contributed by atoms with Gasteiger partial charge in [-0.15, -0.1) is 0 Å². The Labute approximate surface area is 105 Å². The predicted molar refractivity (Wildman–Crippen MR) is 64.0 cm³/mol. The van der Waals surface area contributed by atoms with E-state index in [4.69, 9.17) is 4.74 Å². The van der Waals surface area contributed by atoms with Crippen molar-refractivity contribution in [3.8, 4) is 0 Å². The van der Waals surface area contributed by atoms with Crippen molar-refractivity contribution in [2.45, 2.75) is 37.3 Å². The lowest BCUT2D eigenvalue weighted by atomic mass is 9.83. The van der Waals surface area contributed by atoms with Crippen LogP contribution in [0.1, 0.15) is 37.4 Å². The second-order valence-corrected chi connectivity index (χ2v) is 5.26. The molecule has 1 amide bonds. The highest BCUT2D eigenvalue weighted by Crippen LogP contribution is 2.57. The molecule has 1 spiro atoms. The molecule has 0 aromatic heterocycles. The van der Waals surface area contributed by atoms with Gasteiger partial charge in [0.05, 0.1) is 11.2 Å². The number of para-hydroxylation sites is 1. The lowest BCUT2D eigenvalue weighted by molar-refractivity contribution is -0.159. The molecule has 2 unspecified atom stereocenters. The number of esters is 1. The normalized spacial score (nSPS) is 32.9. The fraction of sp³-hybridized carbons (Fsp3) is 0.429. The summed E-state index contributed by atoms with van der Waals surface area (Å²) in [4.78, 5) is 25.6. The molecule has 4 nitrogen and oxygen atoms in total. The maximum absolute atomic E-state index is 12.1. The van der Waals surface area contributed by atoms with Gasteiger partial charge in [-0.2, -0.15) is 0 Å². The largest absolute Gasteiger partial charge is 0.455 e. The zero-order valence-electron chi connectivity index (χ0n) is 9.89. The maximum atomic E-state index is 12.1. The van der Waals surface area contributed by atoms with Crippen LogP contribution in [0.2, 0.25) is 0 Å². The molecule has 0 N–H and O–H groups in total. The molecule has 4 heteroatoms. The van der Waals surface area contributed by atoms with E-state index < -0.39 is 0 Å². The number of carbonyl (C=O) groups excluding carboxylic acids is 2. The summed E-state index contributed by atoms with van der Waals surface area (Å²) in [7, 11) is 0. The molecular weight excluding hydrogens is 230 g/mol. The quantitative estimate of drug-likeness (QED) is 0.654. The number of anilines is 1. The van der Waals surface area contributed by atoms with Gasteiger partial charge in [-0.3, -0.25) is 9.59 Å². The van der Waals surface area contributed by atoms with Gasteiger partial charge < -0.3 is 9.64 Å². The van der Waals surface area contributed by atoms with Crippen LogP contribution in [0, 0.1) is 0 Å². The maximum Gasteiger partial charge on any atom is 0.306 e. The van der Waals surface area contributed by atoms with E-state index in [0.717, 1.165) is 24.1 Å². The molecule has 18 heavy (non-hydrogen) atoms. The molecular formula is C14H13NO3. The summed E-state index contributed by atoms with van der Waals surface area (Å²) in [6.45, 7) is 0. The van der Waals surface area contributed by atoms with Gasteiger partial charge >= 0.3 is 5.97 Å². The topological polar surface area (TPSA) is 46.6 Å². The molecule has 1 aromatic carbocycles. The molecule has 0 radical (unpaired) electrons. The average molecular weight is 243 g/mol. The van der Waals surface area contributed by atoms with Gasteiger partial charge in [0.1, 0.15) is 0 Å². The number of amides is 1. The number of fused-ring (bicyclic) bond motifs is 3. The van der Waals surface area contributed by atoms with Crippen molar-refractivity contribution in [2.24, 2.45) is 0 Å². The van der Waals surface area contributed by atoms with Crippen LogP contribution in [0.5, 0.6) is 0 Å². The van der Waals surface area contributed by atoms with Gasteiger partial charge in [0.25, 0.3) is 0 Å². The highest BCUT2D eigenvalue weighted by molar-refractivity contribution is 6.01. The van der Waals surface area contributed by atoms with E-state index >= 15 is 0 Å². The van der Waals surface area contributed by atoms with Crippen LogP contribution in [-0.2, 0) is 14.3 Å². The van der Waals surface area contributed by atoms with Gasteiger partial charge in [-0.05, 0) is 18.9 Å². The third kappa shape index (κ3) is 1.01. The van der Waals surface area contributed by atoms with Crippen molar-refractivity contribution < 1.29 is 14.3 Å². The molecule has 0 aliphatic carbocycles. The Bertz CT molecular complexity index is 568. The number of carbonyl (C=O) groups is 2. The first-order chi connectivity index (χ1) is 8.72. The fourth-order valence-corrected chi connectivity index (χ4v) is 3.67. The zero-order valence-corrected chi connectivity index (χ0v) is 9.89. The van der Waals surface area contributed by atoms with Crippen molar-refractivity contribution in [1.82, 2.24) is 0 Å². The van der Waals surface area contributed by atoms with Crippen LogP contribution in [0.3, 0.4) is 0 Å². The highest BCUT2D eigenvalue weighted by atomic mass is 16.5. The van der Waals surface area contributed by atoms with E-state index in [9.17, 15) is 9.59 Å². The lowest BCUT2D eigenvalue weighted by Gasteiger charge is -2.39. The van der Waals surface area contributed by atoms with Gasteiger partial charge in [-0.1, -0.05) is 18.2 Å². The van der Waals surface area contributed by atoms with Gasteiger partial charge in [0, 0.05) is 18.4 Å². The second-order valence-electron chi connectivity index (χ2n) is 5.26. The van der Waals surface area contributed by atoms with Crippen molar-refractivity contribution in [3.63, 3.8) is 0 Å². The van der Waals surface area contributed by atoms with Crippen molar-refractivity contribution >= 4 is 17.6 Å². The molecule has 1 aromatic rings. The van der Waals surface area contributed by atoms with E-state index in [1.807, 2.05) is 29.2 Å². The smallest absolute Gasteiger partial charge is 0.306 e. The number of benzene rings is 1. The first kappa shape index (κ1) is 10.1. The Hall–Kier alpha value is -1.84. The monoisotopic (exact) mass is 243 g/mol. The average Bonchev–Trinajstić information content (AvgIpc) is 2.84. The van der Waals surface area contributed by atoms with E-state index in [0.29, 0.717) is 12.8 Å². The first-order valence-corrected chi connectivity index (χ1v) is 6.34. The fourth-order valence-electron chi connectivity index (χ4n) is 3.67. The summed E-state index contributed by atoms with van der Waals surface area (Å²) in [5.41, 5.74) is 1.62. The Balaban J connectivity index is 1.94. The second kappa shape index (κ2) is 3.13. The van der Waals surface area contributed by atoms with Crippen molar-refractivity contribution in [1.29, 1.82) is 0 Å². The third-order valence-corrected chi connectivity index (χ3v) is 4.43. The van der Waals surface area contributed by atoms with Crippen LogP contribution < -0.4 is 4.90 Å². The standard InChI is InChI=1S/C14H13NO3/c16-11-5-7-14-8-6-12(17)18-13(14)9-3-1-2-4-10(9)15(11)14/h1-4,13H,5-8H2. The molecule has 4 rings (SSSR count). The number of ether oxygens (including phenoxy) is 1. The van der Waals surface area contributed by atoms with Crippen molar-refractivity contribution in [3.05, 3.63) is 29.8 Å². The SMILES string of the molecule is O=C1CCC23CCC(=O)N2c2ccccc2C3O1. The Kier molecular flexibility index (Phi) is 1.76. The minimum atomic E-state index is -0.297. The molecule has 2 saturated heterocycles. The lowest BCUT2D eigenvalue weighted by Crippen LogP contribution is -2.49. The summed E-state index contributed by atoms with van der Waals surface area (Å²) >= 11 is 0. The van der Waals surface area contributed by atoms with E-state index in [-0.39, 0.29) is 23.5 Å². The van der Waals surface area contributed by atoms with Crippen LogP contribution >= 0.6 is 0 Å².